The lowest BCUT2D eigenvalue weighted by molar-refractivity contribution is 0.728. The Morgan fingerprint density at radius 2 is 0.845 bits per heavy atom. The molecule has 13 rings (SSSR count). The van der Waals surface area contributed by atoms with Gasteiger partial charge >= 0.3 is 0 Å². The van der Waals surface area contributed by atoms with Gasteiger partial charge in [0.15, 0.2) is 0 Å². The van der Waals surface area contributed by atoms with E-state index in [1.54, 1.807) is 0 Å². The van der Waals surface area contributed by atoms with Crippen LogP contribution in [0.4, 0.5) is 0 Å². The third-order valence-electron chi connectivity index (χ3n) is 12.9. The molecule has 0 saturated carbocycles. The fraction of sp³-hybridized carbons (Fsp3) is 0.0182. The minimum atomic E-state index is -0.499. The van der Waals surface area contributed by atoms with Gasteiger partial charge in [0.05, 0.1) is 44.2 Å². The van der Waals surface area contributed by atoms with E-state index in [1.165, 1.54) is 93.4 Å². The summed E-state index contributed by atoms with van der Waals surface area (Å²) in [5.74, 6) is 0. The van der Waals surface area contributed by atoms with Crippen molar-refractivity contribution >= 4 is 65.4 Å². The van der Waals surface area contributed by atoms with Gasteiger partial charge in [-0.05, 0) is 76.9 Å². The summed E-state index contributed by atoms with van der Waals surface area (Å²) < 4.78 is 7.47. The molecule has 3 heteroatoms. The Hall–Kier alpha value is -7.62. The Kier molecular flexibility index (Phi) is 6.37. The predicted octanol–water partition coefficient (Wildman–Crippen LogP) is 13.7. The van der Waals surface area contributed by atoms with Crippen LogP contribution in [0.3, 0.4) is 0 Å². The molecule has 0 unspecified atom stereocenters. The van der Waals surface area contributed by atoms with Crippen LogP contribution in [-0.4, -0.2) is 13.7 Å². The number of nitrogens with zero attached hydrogens (tertiary/aromatic N) is 3. The van der Waals surface area contributed by atoms with Gasteiger partial charge in [0.25, 0.3) is 0 Å². The maximum absolute atomic E-state index is 2.52. The minimum Gasteiger partial charge on any atom is -0.309 e. The smallest absolute Gasteiger partial charge is 0.0742 e. The van der Waals surface area contributed by atoms with E-state index in [4.69, 9.17) is 0 Å². The standard InChI is InChI=1S/C55H35N3/c1-4-17-36(18-5-1)55(37-19-6-2-7-20-37)45-26-12-15-30-50(45)58-49-33-31-39(35-44(49)41-25-16-27-46(55)53(41)58)56-48-29-14-11-24-43(48)52-51(56)34-32-42-40-23-10-13-28-47(40)57(54(42)52)38-21-8-3-9-22-38/h1-35H. The normalized spacial score (nSPS) is 13.3. The van der Waals surface area contributed by atoms with Crippen molar-refractivity contribution in [3.63, 3.8) is 0 Å². The van der Waals surface area contributed by atoms with Crippen LogP contribution in [0.15, 0.2) is 212 Å². The van der Waals surface area contributed by atoms with Crippen LogP contribution in [0.1, 0.15) is 22.3 Å². The van der Waals surface area contributed by atoms with Gasteiger partial charge in [0.2, 0.25) is 0 Å². The lowest BCUT2D eigenvalue weighted by Crippen LogP contribution is -2.35. The van der Waals surface area contributed by atoms with Crippen molar-refractivity contribution in [3.8, 4) is 17.1 Å². The molecule has 0 N–H and O–H groups in total. The van der Waals surface area contributed by atoms with Gasteiger partial charge in [-0.3, -0.25) is 0 Å². The number of para-hydroxylation sites is 5. The summed E-state index contributed by atoms with van der Waals surface area (Å²) in [6, 6.07) is 78.5. The fourth-order valence-electron chi connectivity index (χ4n) is 10.7. The second kappa shape index (κ2) is 11.7. The number of fused-ring (bicyclic) bond motifs is 12. The molecule has 3 aromatic heterocycles. The molecule has 3 nitrogen and oxygen atoms in total. The van der Waals surface area contributed by atoms with Crippen molar-refractivity contribution in [2.45, 2.75) is 5.41 Å². The Labute approximate surface area is 334 Å². The molecule has 1 aliphatic rings. The largest absolute Gasteiger partial charge is 0.309 e. The van der Waals surface area contributed by atoms with Gasteiger partial charge in [-0.2, -0.15) is 0 Å². The van der Waals surface area contributed by atoms with Gasteiger partial charge in [0.1, 0.15) is 0 Å². The highest BCUT2D eigenvalue weighted by atomic mass is 15.0. The molecule has 0 amide bonds. The number of aromatic nitrogens is 3. The molecule has 58 heavy (non-hydrogen) atoms. The molecular formula is C55H35N3. The maximum atomic E-state index is 2.52. The number of rotatable bonds is 4. The van der Waals surface area contributed by atoms with E-state index in [1.807, 2.05) is 0 Å². The van der Waals surface area contributed by atoms with Crippen LogP contribution < -0.4 is 0 Å². The fourth-order valence-corrected chi connectivity index (χ4v) is 10.7. The summed E-state index contributed by atoms with van der Waals surface area (Å²) in [5, 5.41) is 7.53. The molecule has 0 radical (unpaired) electrons. The second-order valence-electron chi connectivity index (χ2n) is 15.6. The van der Waals surface area contributed by atoms with Crippen molar-refractivity contribution < 1.29 is 0 Å². The summed E-state index contributed by atoms with van der Waals surface area (Å²) >= 11 is 0. The van der Waals surface area contributed by atoms with Crippen molar-refractivity contribution in [1.29, 1.82) is 0 Å². The third kappa shape index (κ3) is 3.97. The first kappa shape index (κ1) is 31.6. The van der Waals surface area contributed by atoms with E-state index >= 15 is 0 Å². The molecule has 9 aromatic carbocycles. The Morgan fingerprint density at radius 1 is 0.293 bits per heavy atom. The first-order chi connectivity index (χ1) is 28.8. The summed E-state index contributed by atoms with van der Waals surface area (Å²) in [5.41, 5.74) is 15.5. The second-order valence-corrected chi connectivity index (χ2v) is 15.6. The van der Waals surface area contributed by atoms with Crippen molar-refractivity contribution in [2.24, 2.45) is 0 Å². The van der Waals surface area contributed by atoms with Crippen molar-refractivity contribution in [3.05, 3.63) is 235 Å². The van der Waals surface area contributed by atoms with E-state index in [0.29, 0.717) is 0 Å². The zero-order valence-corrected chi connectivity index (χ0v) is 31.5. The molecule has 0 atom stereocenters. The van der Waals surface area contributed by atoms with Gasteiger partial charge in [-0.25, -0.2) is 0 Å². The lowest BCUT2D eigenvalue weighted by Gasteiger charge is -2.41. The van der Waals surface area contributed by atoms with E-state index in [0.717, 1.165) is 11.4 Å². The molecule has 0 fully saturated rings. The zero-order valence-electron chi connectivity index (χ0n) is 31.5. The summed E-state index contributed by atoms with van der Waals surface area (Å²) in [6.07, 6.45) is 0. The molecule has 270 valence electrons. The molecule has 12 aromatic rings. The lowest BCUT2D eigenvalue weighted by atomic mass is 9.63. The summed E-state index contributed by atoms with van der Waals surface area (Å²) in [7, 11) is 0. The number of benzene rings is 9. The van der Waals surface area contributed by atoms with Gasteiger partial charge in [-0.15, -0.1) is 0 Å². The quantitative estimate of drug-likeness (QED) is 0.171. The first-order valence-electron chi connectivity index (χ1n) is 20.1. The highest BCUT2D eigenvalue weighted by molar-refractivity contribution is 6.26. The molecule has 0 bridgehead atoms. The average Bonchev–Trinajstić information content (AvgIpc) is 3.94. The Balaban J connectivity index is 1.14. The third-order valence-corrected chi connectivity index (χ3v) is 12.9. The molecule has 0 spiro atoms. The zero-order chi connectivity index (χ0) is 38.0. The van der Waals surface area contributed by atoms with Crippen LogP contribution in [0, 0.1) is 0 Å². The topological polar surface area (TPSA) is 14.8 Å². The molecule has 4 heterocycles. The van der Waals surface area contributed by atoms with E-state index in [9.17, 15) is 0 Å². The van der Waals surface area contributed by atoms with Crippen LogP contribution >= 0.6 is 0 Å². The average molecular weight is 738 g/mol. The SMILES string of the molecule is c1ccc(-n2c3ccccc3c3ccc4c(c5ccccc5n4-c4ccc5c(c4)c4cccc6c4n5-c4ccccc4C6(c4ccccc4)c4ccccc4)c32)cc1. The van der Waals surface area contributed by atoms with Crippen molar-refractivity contribution in [2.75, 3.05) is 0 Å². The van der Waals surface area contributed by atoms with Gasteiger partial charge in [0, 0.05) is 43.7 Å². The van der Waals surface area contributed by atoms with Crippen LogP contribution in [0.25, 0.3) is 82.5 Å². The maximum Gasteiger partial charge on any atom is 0.0742 e. The highest BCUT2D eigenvalue weighted by Gasteiger charge is 2.45. The van der Waals surface area contributed by atoms with Crippen LogP contribution in [0.5, 0.6) is 0 Å². The molecule has 1 aliphatic heterocycles. The van der Waals surface area contributed by atoms with E-state index in [-0.39, 0.29) is 0 Å². The number of hydrogen-bond donors (Lipinski definition) is 0. The highest BCUT2D eigenvalue weighted by Crippen LogP contribution is 2.54. The summed E-state index contributed by atoms with van der Waals surface area (Å²) in [6.45, 7) is 0. The minimum absolute atomic E-state index is 0.499. The van der Waals surface area contributed by atoms with Crippen LogP contribution in [0.2, 0.25) is 0 Å². The van der Waals surface area contributed by atoms with Crippen LogP contribution in [-0.2, 0) is 5.41 Å². The molecular weight excluding hydrogens is 703 g/mol. The Morgan fingerprint density at radius 3 is 1.60 bits per heavy atom. The number of hydrogen-bond acceptors (Lipinski definition) is 0. The Bertz CT molecular complexity index is 3570. The molecule has 0 saturated heterocycles. The van der Waals surface area contributed by atoms with Gasteiger partial charge in [-0.1, -0.05) is 158 Å². The van der Waals surface area contributed by atoms with E-state index < -0.39 is 5.41 Å². The molecule has 0 aliphatic carbocycles. The van der Waals surface area contributed by atoms with Crippen molar-refractivity contribution in [1.82, 2.24) is 13.7 Å². The first-order valence-corrected chi connectivity index (χ1v) is 20.1. The van der Waals surface area contributed by atoms with Gasteiger partial charge < -0.3 is 13.7 Å². The monoisotopic (exact) mass is 737 g/mol. The predicted molar refractivity (Wildman–Crippen MR) is 241 cm³/mol. The summed E-state index contributed by atoms with van der Waals surface area (Å²) in [4.78, 5) is 0. The van der Waals surface area contributed by atoms with E-state index in [2.05, 4.69) is 226 Å².